The van der Waals surface area contributed by atoms with Crippen LogP contribution in [0, 0.1) is 6.07 Å². The summed E-state index contributed by atoms with van der Waals surface area (Å²) in [6, 6.07) is 17.3. The van der Waals surface area contributed by atoms with E-state index in [0.29, 0.717) is 0 Å². The maximum Gasteiger partial charge on any atom is 0.0296 e. The van der Waals surface area contributed by atoms with E-state index in [0.717, 1.165) is 29.8 Å². The van der Waals surface area contributed by atoms with Gasteiger partial charge in [-0.05, 0) is 18.2 Å². The first-order valence-corrected chi connectivity index (χ1v) is 5.33. The zero-order valence-corrected chi connectivity index (χ0v) is 11.6. The summed E-state index contributed by atoms with van der Waals surface area (Å²) >= 11 is 0. The van der Waals surface area contributed by atoms with Crippen molar-refractivity contribution < 1.29 is 20.1 Å². The van der Waals surface area contributed by atoms with Crippen molar-refractivity contribution >= 4 is 0 Å². The van der Waals surface area contributed by atoms with Gasteiger partial charge in [0.15, 0.2) is 0 Å². The van der Waals surface area contributed by atoms with E-state index in [2.05, 4.69) is 30.1 Å². The molecule has 0 saturated heterocycles. The Kier molecular flexibility index (Phi) is 5.37. The normalized spacial score (nSPS) is 9.56. The zero-order chi connectivity index (χ0) is 10.5. The van der Waals surface area contributed by atoms with Gasteiger partial charge in [-0.15, -0.1) is 35.9 Å². The van der Waals surface area contributed by atoms with Crippen LogP contribution in [-0.4, -0.2) is 4.98 Å². The number of rotatable bonds is 3. The minimum atomic E-state index is 0. The molecule has 2 heteroatoms. The van der Waals surface area contributed by atoms with Crippen LogP contribution in [0.2, 0.25) is 0 Å². The third kappa shape index (κ3) is 3.26. The van der Waals surface area contributed by atoms with Gasteiger partial charge in [0.05, 0.1) is 0 Å². The minimum Gasteiger partial charge on any atom is -0.301 e. The van der Waals surface area contributed by atoms with Crippen LogP contribution in [-0.2, 0) is 26.5 Å². The molecule has 85 valence electrons. The summed E-state index contributed by atoms with van der Waals surface area (Å²) in [5, 5.41) is 0. The fourth-order valence-electron chi connectivity index (χ4n) is 1.58. The molecule has 1 heterocycles. The van der Waals surface area contributed by atoms with E-state index in [1.54, 1.807) is 0 Å². The summed E-state index contributed by atoms with van der Waals surface area (Å²) in [6.07, 6.45) is 2.18. The van der Waals surface area contributed by atoms with Crippen LogP contribution in [0.5, 0.6) is 0 Å². The van der Waals surface area contributed by atoms with E-state index >= 15 is 0 Å². The monoisotopic (exact) mass is 389 g/mol. The Hall–Kier alpha value is -0.981. The molecule has 0 N–H and O–H groups in total. The molecule has 0 unspecified atom stereocenters. The zero-order valence-electron chi connectivity index (χ0n) is 9.24. The molecule has 16 heavy (non-hydrogen) atoms. The maximum absolute atomic E-state index is 4.60. The van der Waals surface area contributed by atoms with E-state index in [9.17, 15) is 0 Å². The van der Waals surface area contributed by atoms with Crippen LogP contribution in [0.1, 0.15) is 19.0 Å². The smallest absolute Gasteiger partial charge is 0.0296 e. The first kappa shape index (κ1) is 13.1. The Balaban J connectivity index is 0.00000128. The molecule has 0 saturated carbocycles. The van der Waals surface area contributed by atoms with Gasteiger partial charge < -0.3 is 4.98 Å². The Bertz CT molecular complexity index is 426. The van der Waals surface area contributed by atoms with Crippen LogP contribution in [0.3, 0.4) is 0 Å². The summed E-state index contributed by atoms with van der Waals surface area (Å²) in [7, 11) is 0. The van der Waals surface area contributed by atoms with Gasteiger partial charge in [0, 0.05) is 25.8 Å². The fraction of sp³-hybridized carbons (Fsp3) is 0.214. The molecule has 0 aliphatic heterocycles. The minimum absolute atomic E-state index is 0. The van der Waals surface area contributed by atoms with Gasteiger partial charge in [-0.2, -0.15) is 0 Å². The van der Waals surface area contributed by atoms with Crippen molar-refractivity contribution in [1.82, 2.24) is 4.98 Å². The Labute approximate surface area is 110 Å². The van der Waals surface area contributed by atoms with Gasteiger partial charge in [0.1, 0.15) is 0 Å². The standard InChI is InChI=1S/C14H14N.Ir/c1-2-7-13-10-6-11-14(15-13)12-8-4-3-5-9-12;/h3-6,8,10-11H,2,7H2,1H3;/q-1;. The quantitative estimate of drug-likeness (QED) is 0.734. The van der Waals surface area contributed by atoms with Crippen molar-refractivity contribution in [3.8, 4) is 11.3 Å². The number of aromatic nitrogens is 1. The van der Waals surface area contributed by atoms with Crippen LogP contribution in [0.15, 0.2) is 42.5 Å². The molecule has 0 spiro atoms. The Morgan fingerprint density at radius 2 is 2.00 bits per heavy atom. The Morgan fingerprint density at radius 3 is 2.69 bits per heavy atom. The second-order valence-electron chi connectivity index (χ2n) is 3.54. The molecule has 1 aromatic heterocycles. The molecule has 1 nitrogen and oxygen atoms in total. The third-order valence-electron chi connectivity index (χ3n) is 2.30. The molecule has 0 bridgehead atoms. The molecule has 1 radical (unpaired) electrons. The van der Waals surface area contributed by atoms with Crippen LogP contribution < -0.4 is 0 Å². The Morgan fingerprint density at radius 1 is 1.12 bits per heavy atom. The molecule has 1 aromatic carbocycles. The van der Waals surface area contributed by atoms with Crippen molar-refractivity contribution in [2.45, 2.75) is 19.8 Å². The van der Waals surface area contributed by atoms with Gasteiger partial charge in [-0.3, -0.25) is 0 Å². The van der Waals surface area contributed by atoms with E-state index < -0.39 is 0 Å². The topological polar surface area (TPSA) is 12.9 Å². The van der Waals surface area contributed by atoms with Crippen molar-refractivity contribution in [3.05, 3.63) is 54.2 Å². The number of aryl methyl sites for hydroxylation is 1. The van der Waals surface area contributed by atoms with Crippen LogP contribution >= 0.6 is 0 Å². The fourth-order valence-corrected chi connectivity index (χ4v) is 1.58. The number of nitrogens with zero attached hydrogens (tertiary/aromatic N) is 1. The largest absolute Gasteiger partial charge is 0.301 e. The van der Waals surface area contributed by atoms with Crippen molar-refractivity contribution in [2.24, 2.45) is 0 Å². The molecule has 0 amide bonds. The van der Waals surface area contributed by atoms with E-state index in [1.807, 2.05) is 30.3 Å². The molecule has 2 rings (SSSR count). The molecular weight excluding hydrogens is 374 g/mol. The molecule has 0 aliphatic rings. The van der Waals surface area contributed by atoms with E-state index in [-0.39, 0.29) is 20.1 Å². The van der Waals surface area contributed by atoms with Crippen LogP contribution in [0.25, 0.3) is 11.3 Å². The average Bonchev–Trinajstić information content (AvgIpc) is 2.31. The second kappa shape index (κ2) is 6.57. The SMILES string of the molecule is CCCc1cccc(-c2[c-]cccc2)n1.[Ir]. The first-order chi connectivity index (χ1) is 7.40. The summed E-state index contributed by atoms with van der Waals surface area (Å²) in [5.41, 5.74) is 3.24. The van der Waals surface area contributed by atoms with Crippen LogP contribution in [0.4, 0.5) is 0 Å². The molecular formula is C14H14IrN-. The van der Waals surface area contributed by atoms with E-state index in [1.165, 1.54) is 0 Å². The maximum atomic E-state index is 4.60. The summed E-state index contributed by atoms with van der Waals surface area (Å²) in [6.45, 7) is 2.17. The average molecular weight is 388 g/mol. The van der Waals surface area contributed by atoms with Gasteiger partial charge in [-0.1, -0.05) is 25.5 Å². The summed E-state index contributed by atoms with van der Waals surface area (Å²) in [4.78, 5) is 4.60. The number of hydrogen-bond acceptors (Lipinski definition) is 1. The number of hydrogen-bond donors (Lipinski definition) is 0. The van der Waals surface area contributed by atoms with Crippen molar-refractivity contribution in [2.75, 3.05) is 0 Å². The van der Waals surface area contributed by atoms with Crippen molar-refractivity contribution in [3.63, 3.8) is 0 Å². The third-order valence-corrected chi connectivity index (χ3v) is 2.30. The summed E-state index contributed by atoms with van der Waals surface area (Å²) in [5.74, 6) is 0. The van der Waals surface area contributed by atoms with Gasteiger partial charge in [0.25, 0.3) is 0 Å². The van der Waals surface area contributed by atoms with Crippen molar-refractivity contribution in [1.29, 1.82) is 0 Å². The number of pyridine rings is 1. The molecule has 2 aromatic rings. The van der Waals surface area contributed by atoms with E-state index in [4.69, 9.17) is 0 Å². The second-order valence-corrected chi connectivity index (χ2v) is 3.54. The van der Waals surface area contributed by atoms with Gasteiger partial charge >= 0.3 is 0 Å². The predicted molar refractivity (Wildman–Crippen MR) is 62.5 cm³/mol. The summed E-state index contributed by atoms with van der Waals surface area (Å²) < 4.78 is 0. The first-order valence-electron chi connectivity index (χ1n) is 5.33. The number of benzene rings is 1. The predicted octanol–water partition coefficient (Wildman–Crippen LogP) is 3.50. The molecule has 0 fully saturated rings. The molecule has 0 atom stereocenters. The van der Waals surface area contributed by atoms with Gasteiger partial charge in [0.2, 0.25) is 0 Å². The van der Waals surface area contributed by atoms with Gasteiger partial charge in [-0.25, -0.2) is 0 Å². The molecule has 0 aliphatic carbocycles.